The molecule has 1 aromatic carbocycles. The van der Waals surface area contributed by atoms with Gasteiger partial charge in [0.15, 0.2) is 17.5 Å². The third-order valence-corrected chi connectivity index (χ3v) is 4.22. The van der Waals surface area contributed by atoms with E-state index in [1.54, 1.807) is 6.92 Å². The molecule has 0 aliphatic heterocycles. The van der Waals surface area contributed by atoms with Crippen LogP contribution in [0, 0.1) is 17.5 Å². The first-order valence-electron chi connectivity index (χ1n) is 6.90. The summed E-state index contributed by atoms with van der Waals surface area (Å²) in [5.41, 5.74) is -0.425. The number of thioether (sulfide) groups is 1. The Hall–Kier alpha value is -2.03. The Morgan fingerprint density at radius 2 is 2.04 bits per heavy atom. The lowest BCUT2D eigenvalue weighted by atomic mass is 10.2. The highest BCUT2D eigenvalue weighted by atomic mass is 32.2. The normalized spacial score (nSPS) is 15.5. The van der Waals surface area contributed by atoms with E-state index in [-0.39, 0.29) is 5.22 Å². The number of carbonyl (C=O) groups excluding carboxylic acids is 1. The maximum Gasteiger partial charge on any atom is 0.277 e. The number of nitrogens with one attached hydrogen (secondary N) is 1. The van der Waals surface area contributed by atoms with Gasteiger partial charge in [-0.3, -0.25) is 4.79 Å². The first kappa shape index (κ1) is 15.9. The highest BCUT2D eigenvalue weighted by Gasteiger charge is 2.30. The van der Waals surface area contributed by atoms with Crippen LogP contribution in [0.2, 0.25) is 0 Å². The van der Waals surface area contributed by atoms with Gasteiger partial charge < -0.3 is 9.73 Å². The molecule has 0 unspecified atom stereocenters. The molecular weight excluding hydrogens is 331 g/mol. The molecule has 1 N–H and O–H groups in total. The van der Waals surface area contributed by atoms with Crippen LogP contribution in [0.5, 0.6) is 0 Å². The molecule has 2 aromatic rings. The zero-order valence-corrected chi connectivity index (χ0v) is 12.8. The Kier molecular flexibility index (Phi) is 4.29. The van der Waals surface area contributed by atoms with Gasteiger partial charge in [-0.05, 0) is 31.9 Å². The zero-order chi connectivity index (χ0) is 16.6. The molecule has 23 heavy (non-hydrogen) atoms. The topological polar surface area (TPSA) is 68.0 Å². The van der Waals surface area contributed by atoms with Crippen LogP contribution in [0.15, 0.2) is 21.8 Å². The molecule has 122 valence electrons. The van der Waals surface area contributed by atoms with Gasteiger partial charge in [-0.25, -0.2) is 13.2 Å². The highest BCUT2D eigenvalue weighted by Crippen LogP contribution is 2.40. The van der Waals surface area contributed by atoms with Crippen molar-refractivity contribution in [1.82, 2.24) is 10.2 Å². The Morgan fingerprint density at radius 3 is 2.74 bits per heavy atom. The second kappa shape index (κ2) is 6.23. The summed E-state index contributed by atoms with van der Waals surface area (Å²) in [7, 11) is 0. The summed E-state index contributed by atoms with van der Waals surface area (Å²) in [6.45, 7) is 1.55. The van der Waals surface area contributed by atoms with Crippen LogP contribution in [0.1, 0.15) is 31.6 Å². The first-order chi connectivity index (χ1) is 11.0. The fourth-order valence-corrected chi connectivity index (χ4v) is 2.51. The second-order valence-corrected chi connectivity index (χ2v) is 6.44. The van der Waals surface area contributed by atoms with Gasteiger partial charge in [-0.2, -0.15) is 0 Å². The number of anilines is 1. The van der Waals surface area contributed by atoms with Crippen molar-refractivity contribution in [2.75, 3.05) is 5.32 Å². The number of hydrogen-bond donors (Lipinski definition) is 1. The maximum absolute atomic E-state index is 13.5. The van der Waals surface area contributed by atoms with Crippen LogP contribution >= 0.6 is 11.8 Å². The minimum Gasteiger partial charge on any atom is -0.416 e. The lowest BCUT2D eigenvalue weighted by Gasteiger charge is -2.11. The van der Waals surface area contributed by atoms with Crippen molar-refractivity contribution in [2.24, 2.45) is 0 Å². The number of aromatic nitrogens is 2. The van der Waals surface area contributed by atoms with E-state index < -0.39 is 34.3 Å². The van der Waals surface area contributed by atoms with E-state index in [0.717, 1.165) is 36.7 Å². The molecule has 1 atom stereocenters. The Balaban J connectivity index is 1.64. The average molecular weight is 343 g/mol. The van der Waals surface area contributed by atoms with Crippen molar-refractivity contribution in [3.63, 3.8) is 0 Å². The standard InChI is InChI=1S/C14H12F3N3O2S/c1-6(23-14-20-19-13(22-14)7-2-3-7)12(21)18-9-5-4-8(15)10(16)11(9)17/h4-7H,2-3H2,1H3,(H,18,21)/t6-/m0/s1. The number of nitrogens with zero attached hydrogens (tertiary/aromatic N) is 2. The lowest BCUT2D eigenvalue weighted by Crippen LogP contribution is -2.23. The van der Waals surface area contributed by atoms with E-state index in [1.165, 1.54) is 0 Å². The van der Waals surface area contributed by atoms with Crippen LogP contribution < -0.4 is 5.32 Å². The number of hydrogen-bond acceptors (Lipinski definition) is 5. The molecule has 0 spiro atoms. The molecule has 0 bridgehead atoms. The molecule has 1 saturated carbocycles. The Morgan fingerprint density at radius 1 is 1.30 bits per heavy atom. The largest absolute Gasteiger partial charge is 0.416 e. The average Bonchev–Trinajstić information content (AvgIpc) is 3.28. The summed E-state index contributed by atoms with van der Waals surface area (Å²) in [6, 6.07) is 1.70. The Bertz CT molecular complexity index is 749. The fraction of sp³-hybridized carbons (Fsp3) is 0.357. The van der Waals surface area contributed by atoms with Gasteiger partial charge in [0, 0.05) is 5.92 Å². The lowest BCUT2D eigenvalue weighted by molar-refractivity contribution is -0.115. The third-order valence-electron chi connectivity index (χ3n) is 3.29. The van der Waals surface area contributed by atoms with Gasteiger partial charge in [-0.1, -0.05) is 11.8 Å². The Labute approximate surface area is 133 Å². The van der Waals surface area contributed by atoms with Crippen molar-refractivity contribution in [3.8, 4) is 0 Å². The summed E-state index contributed by atoms with van der Waals surface area (Å²) in [5.74, 6) is -4.13. The van der Waals surface area contributed by atoms with Gasteiger partial charge in [0.2, 0.25) is 11.8 Å². The van der Waals surface area contributed by atoms with Crippen LogP contribution in [0.3, 0.4) is 0 Å². The van der Waals surface area contributed by atoms with Crippen molar-refractivity contribution in [3.05, 3.63) is 35.5 Å². The van der Waals surface area contributed by atoms with Crippen LogP contribution in [-0.4, -0.2) is 21.4 Å². The molecule has 0 saturated heterocycles. The summed E-state index contributed by atoms with van der Waals surface area (Å²) < 4.78 is 44.9. The number of benzene rings is 1. The van der Waals surface area contributed by atoms with Crippen molar-refractivity contribution < 1.29 is 22.4 Å². The molecule has 9 heteroatoms. The molecular formula is C14H12F3N3O2S. The molecule has 1 aliphatic rings. The minimum atomic E-state index is -1.63. The van der Waals surface area contributed by atoms with E-state index in [9.17, 15) is 18.0 Å². The third kappa shape index (κ3) is 3.49. The van der Waals surface area contributed by atoms with Crippen LogP contribution in [0.4, 0.5) is 18.9 Å². The quantitative estimate of drug-likeness (QED) is 0.665. The van der Waals surface area contributed by atoms with Gasteiger partial charge in [0.25, 0.3) is 5.22 Å². The smallest absolute Gasteiger partial charge is 0.277 e. The van der Waals surface area contributed by atoms with E-state index in [0.29, 0.717) is 11.8 Å². The van der Waals surface area contributed by atoms with Crippen LogP contribution in [0.25, 0.3) is 0 Å². The van der Waals surface area contributed by atoms with Gasteiger partial charge in [-0.15, -0.1) is 10.2 Å². The highest BCUT2D eigenvalue weighted by molar-refractivity contribution is 8.00. The van der Waals surface area contributed by atoms with E-state index in [1.807, 2.05) is 0 Å². The number of halogens is 3. The number of amides is 1. The van der Waals surface area contributed by atoms with E-state index >= 15 is 0 Å². The molecule has 5 nitrogen and oxygen atoms in total. The zero-order valence-electron chi connectivity index (χ0n) is 12.0. The summed E-state index contributed by atoms with van der Waals surface area (Å²) >= 11 is 1.01. The molecule has 1 aliphatic carbocycles. The van der Waals surface area contributed by atoms with Gasteiger partial charge in [0.05, 0.1) is 10.9 Å². The molecule has 1 fully saturated rings. The summed E-state index contributed by atoms with van der Waals surface area (Å²) in [4.78, 5) is 12.0. The van der Waals surface area contributed by atoms with Gasteiger partial charge in [0.1, 0.15) is 0 Å². The molecule has 1 heterocycles. The monoisotopic (exact) mass is 343 g/mol. The predicted molar refractivity (Wildman–Crippen MR) is 76.5 cm³/mol. The maximum atomic E-state index is 13.5. The fourth-order valence-electron chi connectivity index (χ4n) is 1.82. The van der Waals surface area contributed by atoms with Crippen molar-refractivity contribution in [1.29, 1.82) is 0 Å². The van der Waals surface area contributed by atoms with Crippen molar-refractivity contribution >= 4 is 23.4 Å². The predicted octanol–water partition coefficient (Wildman–Crippen LogP) is 3.48. The number of carbonyl (C=O) groups is 1. The SMILES string of the molecule is C[C@H](Sc1nnc(C2CC2)o1)C(=O)Nc1ccc(F)c(F)c1F. The summed E-state index contributed by atoms with van der Waals surface area (Å²) in [6.07, 6.45) is 2.02. The second-order valence-electron chi connectivity index (χ2n) is 5.15. The van der Waals surface area contributed by atoms with Crippen LogP contribution in [-0.2, 0) is 4.79 Å². The van der Waals surface area contributed by atoms with E-state index in [4.69, 9.17) is 4.42 Å². The van der Waals surface area contributed by atoms with E-state index in [2.05, 4.69) is 15.5 Å². The molecule has 1 amide bonds. The first-order valence-corrected chi connectivity index (χ1v) is 7.78. The molecule has 0 radical (unpaired) electrons. The van der Waals surface area contributed by atoms with Crippen molar-refractivity contribution in [2.45, 2.75) is 36.2 Å². The molecule has 1 aromatic heterocycles. The summed E-state index contributed by atoms with van der Waals surface area (Å²) in [5, 5.41) is 9.48. The number of rotatable bonds is 5. The molecule has 3 rings (SSSR count). The van der Waals surface area contributed by atoms with Gasteiger partial charge >= 0.3 is 0 Å². The minimum absolute atomic E-state index is 0.236.